The van der Waals surface area contributed by atoms with Crippen molar-refractivity contribution in [2.24, 2.45) is 0 Å². The van der Waals surface area contributed by atoms with Gasteiger partial charge < -0.3 is 14.5 Å². The molecule has 1 saturated heterocycles. The molecule has 0 spiro atoms. The molecule has 5 nitrogen and oxygen atoms in total. The number of carbonyl (C=O) groups is 2. The fourth-order valence-corrected chi connectivity index (χ4v) is 1.54. The predicted molar refractivity (Wildman–Crippen MR) is 51.6 cm³/mol. The van der Waals surface area contributed by atoms with Crippen LogP contribution >= 0.6 is 0 Å². The van der Waals surface area contributed by atoms with Gasteiger partial charge in [-0.05, 0) is 0 Å². The van der Waals surface area contributed by atoms with Gasteiger partial charge in [-0.25, -0.2) is 4.79 Å². The van der Waals surface area contributed by atoms with E-state index >= 15 is 0 Å². The predicted octanol–water partition coefficient (Wildman–Crippen LogP) is 1.09. The number of carbonyl (C=O) groups excluding carboxylic acids is 2. The monoisotopic (exact) mass is 290 g/mol. The van der Waals surface area contributed by atoms with Gasteiger partial charge in [-0.3, -0.25) is 4.79 Å². The SMILES string of the molecule is COC(=O)N1CCN(C(=O)C(F)(F)C(F)(F)F)CC1. The van der Waals surface area contributed by atoms with E-state index in [2.05, 4.69) is 4.74 Å². The molecule has 0 aromatic rings. The van der Waals surface area contributed by atoms with Gasteiger partial charge in [0, 0.05) is 26.2 Å². The topological polar surface area (TPSA) is 49.9 Å². The third-order valence-corrected chi connectivity index (χ3v) is 2.62. The minimum Gasteiger partial charge on any atom is -0.453 e. The Bertz CT molecular complexity index is 363. The van der Waals surface area contributed by atoms with Crippen LogP contribution in [0, 0.1) is 0 Å². The number of halogens is 5. The van der Waals surface area contributed by atoms with E-state index in [0.29, 0.717) is 4.90 Å². The molecule has 110 valence electrons. The van der Waals surface area contributed by atoms with Crippen LogP contribution in [0.1, 0.15) is 0 Å². The number of alkyl halides is 5. The van der Waals surface area contributed by atoms with Crippen molar-refractivity contribution < 1.29 is 36.3 Å². The van der Waals surface area contributed by atoms with E-state index < -0.39 is 37.2 Å². The standard InChI is InChI=1S/C9H11F5N2O3/c1-19-7(18)16-4-2-15(3-5-16)6(17)8(10,11)9(12,13)14/h2-5H2,1H3. The molecule has 0 aromatic heterocycles. The first kappa shape index (κ1) is 15.4. The fourth-order valence-electron chi connectivity index (χ4n) is 1.54. The molecule has 1 aliphatic heterocycles. The van der Waals surface area contributed by atoms with Crippen LogP contribution in [0.15, 0.2) is 0 Å². The molecule has 0 unspecified atom stereocenters. The van der Waals surface area contributed by atoms with E-state index in [1.54, 1.807) is 0 Å². The van der Waals surface area contributed by atoms with Gasteiger partial charge >= 0.3 is 24.1 Å². The second kappa shape index (κ2) is 5.17. The number of nitrogens with zero attached hydrogens (tertiary/aromatic N) is 2. The smallest absolute Gasteiger partial charge is 0.453 e. The first-order chi connectivity index (χ1) is 8.61. The zero-order valence-corrected chi connectivity index (χ0v) is 9.84. The van der Waals surface area contributed by atoms with Crippen molar-refractivity contribution in [2.75, 3.05) is 33.3 Å². The molecular weight excluding hydrogens is 279 g/mol. The van der Waals surface area contributed by atoms with Crippen molar-refractivity contribution in [3.63, 3.8) is 0 Å². The van der Waals surface area contributed by atoms with Crippen molar-refractivity contribution in [1.82, 2.24) is 9.80 Å². The summed E-state index contributed by atoms with van der Waals surface area (Å²) < 4.78 is 66.0. The maximum atomic E-state index is 12.8. The second-order valence-corrected chi connectivity index (χ2v) is 3.82. The van der Waals surface area contributed by atoms with Crippen molar-refractivity contribution in [3.05, 3.63) is 0 Å². The van der Waals surface area contributed by atoms with Crippen LogP contribution < -0.4 is 0 Å². The number of amides is 2. The highest BCUT2D eigenvalue weighted by molar-refractivity contribution is 5.84. The van der Waals surface area contributed by atoms with Gasteiger partial charge in [-0.1, -0.05) is 0 Å². The summed E-state index contributed by atoms with van der Waals surface area (Å²) in [4.78, 5) is 23.7. The number of hydrogen-bond donors (Lipinski definition) is 0. The molecule has 1 aliphatic rings. The summed E-state index contributed by atoms with van der Waals surface area (Å²) in [5, 5.41) is 0. The molecule has 10 heteroatoms. The zero-order chi connectivity index (χ0) is 14.8. The lowest BCUT2D eigenvalue weighted by atomic mass is 10.2. The molecular formula is C9H11F5N2O3. The average molecular weight is 290 g/mol. The third-order valence-electron chi connectivity index (χ3n) is 2.62. The van der Waals surface area contributed by atoms with E-state index in [1.807, 2.05) is 0 Å². The molecule has 0 atom stereocenters. The molecule has 0 N–H and O–H groups in total. The van der Waals surface area contributed by atoms with E-state index in [9.17, 15) is 31.5 Å². The Morgan fingerprint density at radius 2 is 1.37 bits per heavy atom. The fraction of sp³-hybridized carbons (Fsp3) is 0.778. The first-order valence-corrected chi connectivity index (χ1v) is 5.18. The number of methoxy groups -OCH3 is 1. The Hall–Kier alpha value is -1.61. The second-order valence-electron chi connectivity index (χ2n) is 3.82. The van der Waals surface area contributed by atoms with Gasteiger partial charge in [0.05, 0.1) is 7.11 Å². The lowest BCUT2D eigenvalue weighted by Crippen LogP contribution is -2.58. The van der Waals surface area contributed by atoms with E-state index in [0.717, 1.165) is 12.0 Å². The van der Waals surface area contributed by atoms with E-state index in [4.69, 9.17) is 0 Å². The molecule has 0 aliphatic carbocycles. The van der Waals surface area contributed by atoms with Gasteiger partial charge in [0.15, 0.2) is 0 Å². The van der Waals surface area contributed by atoms with Crippen LogP contribution in [0.5, 0.6) is 0 Å². The summed E-state index contributed by atoms with van der Waals surface area (Å²) in [6.07, 6.45) is -6.65. The number of ether oxygens (including phenoxy) is 1. The highest BCUT2D eigenvalue weighted by Crippen LogP contribution is 2.37. The van der Waals surface area contributed by atoms with Gasteiger partial charge in [0.1, 0.15) is 0 Å². The number of rotatable bonds is 1. The summed E-state index contributed by atoms with van der Waals surface area (Å²) in [5.41, 5.74) is 0. The number of piperazine rings is 1. The Kier molecular flexibility index (Phi) is 4.21. The van der Waals surface area contributed by atoms with Crippen LogP contribution in [0.2, 0.25) is 0 Å². The quantitative estimate of drug-likeness (QED) is 0.679. The van der Waals surface area contributed by atoms with Gasteiger partial charge in [0.2, 0.25) is 0 Å². The Labute approximate surface area is 104 Å². The van der Waals surface area contributed by atoms with Crippen LogP contribution in [0.4, 0.5) is 26.7 Å². The lowest BCUT2D eigenvalue weighted by Gasteiger charge is -2.35. The Morgan fingerprint density at radius 3 is 1.74 bits per heavy atom. The highest BCUT2D eigenvalue weighted by Gasteiger charge is 2.64. The van der Waals surface area contributed by atoms with Crippen molar-refractivity contribution >= 4 is 12.0 Å². The lowest BCUT2D eigenvalue weighted by molar-refractivity contribution is -0.274. The molecule has 2 amide bonds. The number of hydrogen-bond acceptors (Lipinski definition) is 3. The Balaban J connectivity index is 2.66. The van der Waals surface area contributed by atoms with Crippen LogP contribution in [0.25, 0.3) is 0 Å². The third kappa shape index (κ3) is 3.04. The molecule has 1 rings (SSSR count). The molecule has 0 radical (unpaired) electrons. The minimum atomic E-state index is -5.93. The van der Waals surface area contributed by atoms with E-state index in [1.165, 1.54) is 0 Å². The first-order valence-electron chi connectivity index (χ1n) is 5.18. The van der Waals surface area contributed by atoms with Crippen molar-refractivity contribution in [3.8, 4) is 0 Å². The maximum Gasteiger partial charge on any atom is 0.463 e. The van der Waals surface area contributed by atoms with Gasteiger partial charge in [0.25, 0.3) is 0 Å². The summed E-state index contributed by atoms with van der Waals surface area (Å²) in [5.74, 6) is -7.72. The molecule has 0 bridgehead atoms. The van der Waals surface area contributed by atoms with Gasteiger partial charge in [-0.2, -0.15) is 22.0 Å². The molecule has 0 saturated carbocycles. The van der Waals surface area contributed by atoms with E-state index in [-0.39, 0.29) is 13.1 Å². The molecule has 0 aromatic carbocycles. The minimum absolute atomic E-state index is 0.160. The molecule has 1 heterocycles. The average Bonchev–Trinajstić information content (AvgIpc) is 2.35. The van der Waals surface area contributed by atoms with Crippen molar-refractivity contribution in [1.29, 1.82) is 0 Å². The van der Waals surface area contributed by atoms with Crippen LogP contribution in [0.3, 0.4) is 0 Å². The normalized spacial score (nSPS) is 17.4. The summed E-state index contributed by atoms with van der Waals surface area (Å²) in [7, 11) is 1.11. The maximum absolute atomic E-state index is 12.8. The van der Waals surface area contributed by atoms with Crippen LogP contribution in [-0.4, -0.2) is 67.2 Å². The largest absolute Gasteiger partial charge is 0.463 e. The molecule has 19 heavy (non-hydrogen) atoms. The highest BCUT2D eigenvalue weighted by atomic mass is 19.4. The summed E-state index contributed by atoms with van der Waals surface area (Å²) in [6, 6.07) is 0. The zero-order valence-electron chi connectivity index (χ0n) is 9.84. The van der Waals surface area contributed by atoms with Gasteiger partial charge in [-0.15, -0.1) is 0 Å². The summed E-state index contributed by atoms with van der Waals surface area (Å²) >= 11 is 0. The van der Waals surface area contributed by atoms with Crippen molar-refractivity contribution in [2.45, 2.75) is 12.1 Å². The summed E-state index contributed by atoms with van der Waals surface area (Å²) in [6.45, 7) is -1.13. The van der Waals surface area contributed by atoms with Crippen LogP contribution in [-0.2, 0) is 9.53 Å². The Morgan fingerprint density at radius 1 is 0.947 bits per heavy atom. The molecule has 1 fully saturated rings.